The Bertz CT molecular complexity index is 436. The second-order valence-corrected chi connectivity index (χ2v) is 6.46. The number of hydrogen-bond acceptors (Lipinski definition) is 3. The van der Waals surface area contributed by atoms with Crippen LogP contribution in [0.4, 0.5) is 0 Å². The summed E-state index contributed by atoms with van der Waals surface area (Å²) in [7, 11) is 0. The number of nitrogens with zero attached hydrogens (tertiary/aromatic N) is 1. The van der Waals surface area contributed by atoms with Crippen LogP contribution in [0.3, 0.4) is 0 Å². The van der Waals surface area contributed by atoms with E-state index < -0.39 is 0 Å². The molecule has 3 unspecified atom stereocenters. The molecule has 1 saturated heterocycles. The molecule has 1 aliphatic carbocycles. The van der Waals surface area contributed by atoms with E-state index in [-0.39, 0.29) is 12.0 Å². The van der Waals surface area contributed by atoms with E-state index in [1.165, 1.54) is 24.8 Å². The van der Waals surface area contributed by atoms with Gasteiger partial charge in [0, 0.05) is 24.5 Å². The molecule has 1 N–H and O–H groups in total. The lowest BCUT2D eigenvalue weighted by Gasteiger charge is -2.42. The van der Waals surface area contributed by atoms with Crippen molar-refractivity contribution < 1.29 is 9.84 Å². The summed E-state index contributed by atoms with van der Waals surface area (Å²) in [6, 6.07) is 11.0. The number of rotatable bonds is 4. The first-order valence-corrected chi connectivity index (χ1v) is 7.75. The summed E-state index contributed by atoms with van der Waals surface area (Å²) in [6.45, 7) is 5.09. The molecule has 0 bridgehead atoms. The van der Waals surface area contributed by atoms with E-state index in [4.69, 9.17) is 4.74 Å². The van der Waals surface area contributed by atoms with Crippen LogP contribution in [-0.2, 0) is 10.2 Å². The van der Waals surface area contributed by atoms with E-state index in [2.05, 4.69) is 36.1 Å². The Morgan fingerprint density at radius 3 is 2.85 bits per heavy atom. The lowest BCUT2D eigenvalue weighted by molar-refractivity contribution is -0.0643. The van der Waals surface area contributed by atoms with Crippen molar-refractivity contribution in [2.45, 2.75) is 43.7 Å². The molecule has 1 aliphatic heterocycles. The number of hydrogen-bond donors (Lipinski definition) is 1. The molecule has 1 saturated carbocycles. The molecular weight excluding hydrogens is 250 g/mol. The minimum absolute atomic E-state index is 0.186. The van der Waals surface area contributed by atoms with Crippen LogP contribution in [0.2, 0.25) is 0 Å². The van der Waals surface area contributed by atoms with Crippen LogP contribution in [-0.4, -0.2) is 48.5 Å². The fourth-order valence-corrected chi connectivity index (χ4v) is 3.72. The van der Waals surface area contributed by atoms with E-state index in [0.29, 0.717) is 12.1 Å². The van der Waals surface area contributed by atoms with Crippen molar-refractivity contribution >= 4 is 0 Å². The van der Waals surface area contributed by atoms with Crippen LogP contribution in [0.15, 0.2) is 30.3 Å². The predicted octanol–water partition coefficient (Wildman–Crippen LogP) is 2.19. The Balaban J connectivity index is 1.77. The van der Waals surface area contributed by atoms with Crippen LogP contribution in [0.5, 0.6) is 0 Å². The van der Waals surface area contributed by atoms with Gasteiger partial charge in [0.2, 0.25) is 0 Å². The predicted molar refractivity (Wildman–Crippen MR) is 79.8 cm³/mol. The maximum absolute atomic E-state index is 9.95. The molecule has 0 spiro atoms. The minimum atomic E-state index is -0.189. The molecule has 3 heteroatoms. The number of aliphatic hydroxyl groups excluding tert-OH is 1. The molecule has 3 atom stereocenters. The van der Waals surface area contributed by atoms with E-state index >= 15 is 0 Å². The van der Waals surface area contributed by atoms with Crippen LogP contribution in [0.25, 0.3) is 0 Å². The summed E-state index contributed by atoms with van der Waals surface area (Å²) >= 11 is 0. The number of aliphatic hydroxyl groups is 1. The third kappa shape index (κ3) is 2.62. The summed E-state index contributed by atoms with van der Waals surface area (Å²) in [5, 5.41) is 9.95. The summed E-state index contributed by atoms with van der Waals surface area (Å²) in [6.07, 6.45) is 4.12. The molecule has 3 nitrogen and oxygen atoms in total. The molecule has 0 aromatic heterocycles. The summed E-state index contributed by atoms with van der Waals surface area (Å²) < 4.78 is 5.88. The second kappa shape index (κ2) is 5.84. The number of benzene rings is 1. The van der Waals surface area contributed by atoms with E-state index in [0.717, 1.165) is 19.7 Å². The zero-order chi connectivity index (χ0) is 14.0. The Morgan fingerprint density at radius 2 is 2.10 bits per heavy atom. The highest BCUT2D eigenvalue weighted by molar-refractivity contribution is 5.25. The first-order valence-electron chi connectivity index (χ1n) is 7.75. The Morgan fingerprint density at radius 1 is 1.30 bits per heavy atom. The van der Waals surface area contributed by atoms with Gasteiger partial charge in [-0.3, -0.25) is 4.90 Å². The van der Waals surface area contributed by atoms with Gasteiger partial charge in [-0.1, -0.05) is 37.3 Å². The lowest BCUT2D eigenvalue weighted by atomic mass is 9.82. The van der Waals surface area contributed by atoms with Crippen LogP contribution in [0.1, 0.15) is 31.7 Å². The van der Waals surface area contributed by atoms with Gasteiger partial charge in [-0.15, -0.1) is 0 Å². The molecule has 110 valence electrons. The largest absolute Gasteiger partial charge is 0.395 e. The van der Waals surface area contributed by atoms with Gasteiger partial charge in [0.15, 0.2) is 0 Å². The molecule has 1 aromatic rings. The Labute approximate surface area is 121 Å². The average Bonchev–Trinajstić information content (AvgIpc) is 2.98. The van der Waals surface area contributed by atoms with E-state index in [9.17, 15) is 5.11 Å². The third-order valence-corrected chi connectivity index (χ3v) is 4.97. The van der Waals surface area contributed by atoms with Gasteiger partial charge < -0.3 is 9.84 Å². The first-order chi connectivity index (χ1) is 9.73. The van der Waals surface area contributed by atoms with Crippen LogP contribution in [0, 0.1) is 0 Å². The topological polar surface area (TPSA) is 32.7 Å². The van der Waals surface area contributed by atoms with Crippen LogP contribution < -0.4 is 0 Å². The molecule has 2 fully saturated rings. The molecule has 0 radical (unpaired) electrons. The fraction of sp³-hybridized carbons (Fsp3) is 0.647. The van der Waals surface area contributed by atoms with E-state index in [1.54, 1.807) is 0 Å². The van der Waals surface area contributed by atoms with Gasteiger partial charge in [0.1, 0.15) is 0 Å². The average molecular weight is 275 g/mol. The molecule has 20 heavy (non-hydrogen) atoms. The summed E-state index contributed by atoms with van der Waals surface area (Å²) in [5.41, 5.74) is 1.04. The minimum Gasteiger partial charge on any atom is -0.395 e. The van der Waals surface area contributed by atoms with Gasteiger partial charge in [0.05, 0.1) is 19.3 Å². The number of morpholine rings is 1. The maximum Gasteiger partial charge on any atom is 0.0730 e. The SMILES string of the molecule is CC(CO)(CN1CCOC2CCCC21)c1ccccc1. The zero-order valence-electron chi connectivity index (χ0n) is 12.3. The molecule has 3 rings (SSSR count). The van der Waals surface area contributed by atoms with Crippen molar-refractivity contribution in [1.82, 2.24) is 4.90 Å². The zero-order valence-corrected chi connectivity index (χ0v) is 12.3. The Hall–Kier alpha value is -0.900. The smallest absolute Gasteiger partial charge is 0.0730 e. The molecule has 1 aromatic carbocycles. The van der Waals surface area contributed by atoms with Gasteiger partial charge in [-0.25, -0.2) is 0 Å². The lowest BCUT2D eigenvalue weighted by Crippen LogP contribution is -2.53. The monoisotopic (exact) mass is 275 g/mol. The fourth-order valence-electron chi connectivity index (χ4n) is 3.72. The van der Waals surface area contributed by atoms with Gasteiger partial charge in [-0.2, -0.15) is 0 Å². The van der Waals surface area contributed by atoms with E-state index in [1.807, 2.05) is 6.07 Å². The molecule has 2 aliphatic rings. The summed E-state index contributed by atoms with van der Waals surface area (Å²) in [4.78, 5) is 2.55. The van der Waals surface area contributed by atoms with Crippen LogP contribution >= 0.6 is 0 Å². The standard InChI is InChI=1S/C17H25NO2/c1-17(13-19,14-6-3-2-4-7-14)12-18-10-11-20-16-9-5-8-15(16)18/h2-4,6-7,15-16,19H,5,8-13H2,1H3. The van der Waals surface area contributed by atoms with Crippen molar-refractivity contribution in [3.63, 3.8) is 0 Å². The third-order valence-electron chi connectivity index (χ3n) is 4.97. The van der Waals surface area contributed by atoms with Crippen molar-refractivity contribution in [3.05, 3.63) is 35.9 Å². The maximum atomic E-state index is 9.95. The first kappa shape index (κ1) is 14.1. The number of fused-ring (bicyclic) bond motifs is 1. The highest BCUT2D eigenvalue weighted by atomic mass is 16.5. The van der Waals surface area contributed by atoms with Crippen molar-refractivity contribution in [2.24, 2.45) is 0 Å². The molecular formula is C17H25NO2. The highest BCUT2D eigenvalue weighted by Crippen LogP contribution is 2.33. The van der Waals surface area contributed by atoms with Crippen molar-refractivity contribution in [3.8, 4) is 0 Å². The van der Waals surface area contributed by atoms with Gasteiger partial charge in [0.25, 0.3) is 0 Å². The molecule has 0 amide bonds. The quantitative estimate of drug-likeness (QED) is 0.914. The highest BCUT2D eigenvalue weighted by Gasteiger charge is 2.39. The van der Waals surface area contributed by atoms with Crippen molar-refractivity contribution in [1.29, 1.82) is 0 Å². The number of ether oxygens (including phenoxy) is 1. The summed E-state index contributed by atoms with van der Waals surface area (Å²) in [5.74, 6) is 0. The van der Waals surface area contributed by atoms with Gasteiger partial charge in [-0.05, 0) is 24.8 Å². The second-order valence-electron chi connectivity index (χ2n) is 6.46. The van der Waals surface area contributed by atoms with Gasteiger partial charge >= 0.3 is 0 Å². The Kier molecular flexibility index (Phi) is 4.11. The normalized spacial score (nSPS) is 29.9. The van der Waals surface area contributed by atoms with Crippen molar-refractivity contribution in [2.75, 3.05) is 26.3 Å². The molecule has 1 heterocycles.